The first-order valence-corrected chi connectivity index (χ1v) is 6.25. The summed E-state index contributed by atoms with van der Waals surface area (Å²) in [6.07, 6.45) is 1.66. The number of rotatable bonds is 7. The summed E-state index contributed by atoms with van der Waals surface area (Å²) in [6, 6.07) is 2.20. The predicted octanol–water partition coefficient (Wildman–Crippen LogP) is 0.644. The van der Waals surface area contributed by atoms with Gasteiger partial charge >= 0.3 is 11.9 Å². The Hall–Kier alpha value is -2.31. The van der Waals surface area contributed by atoms with E-state index >= 15 is 0 Å². The maximum absolute atomic E-state index is 12.0. The van der Waals surface area contributed by atoms with Gasteiger partial charge in [-0.3, -0.25) is 9.59 Å². The van der Waals surface area contributed by atoms with Crippen molar-refractivity contribution in [1.29, 1.82) is 0 Å². The van der Waals surface area contributed by atoms with Crippen molar-refractivity contribution in [1.82, 2.24) is 9.88 Å². The van der Waals surface area contributed by atoms with Crippen LogP contribution in [0.25, 0.3) is 0 Å². The van der Waals surface area contributed by atoms with Gasteiger partial charge < -0.3 is 19.7 Å². The Morgan fingerprint density at radius 2 is 2.15 bits per heavy atom. The molecule has 0 aliphatic rings. The van der Waals surface area contributed by atoms with Crippen LogP contribution in [0.3, 0.4) is 0 Å². The van der Waals surface area contributed by atoms with Crippen LogP contribution in [0.15, 0.2) is 18.3 Å². The highest BCUT2D eigenvalue weighted by Gasteiger charge is 2.22. The topological polar surface area (TPSA) is 97.6 Å². The largest absolute Gasteiger partial charge is 0.480 e. The average molecular weight is 282 g/mol. The van der Waals surface area contributed by atoms with Crippen LogP contribution in [0, 0.1) is 0 Å². The van der Waals surface area contributed by atoms with Gasteiger partial charge in [-0.1, -0.05) is 0 Å². The molecule has 1 aromatic rings. The number of aromatic nitrogens is 1. The number of hydrogen-bond donors (Lipinski definition) is 2. The van der Waals surface area contributed by atoms with E-state index in [2.05, 4.69) is 10.1 Å². The van der Waals surface area contributed by atoms with Crippen molar-refractivity contribution in [3.05, 3.63) is 24.0 Å². The molecule has 1 heterocycles. The van der Waals surface area contributed by atoms with Gasteiger partial charge in [0.1, 0.15) is 11.7 Å². The first kappa shape index (κ1) is 15.7. The second kappa shape index (κ2) is 7.32. The summed E-state index contributed by atoms with van der Waals surface area (Å²) in [7, 11) is 1.23. The molecule has 0 saturated heterocycles. The smallest absolute Gasteiger partial charge is 0.326 e. The number of carboxylic acids is 1. The summed E-state index contributed by atoms with van der Waals surface area (Å²) in [6.45, 7) is 2.48. The van der Waals surface area contributed by atoms with Gasteiger partial charge in [0.25, 0.3) is 5.91 Å². The van der Waals surface area contributed by atoms with Crippen LogP contribution < -0.4 is 5.32 Å². The molecule has 0 aromatic carbocycles. The quantitative estimate of drug-likeness (QED) is 0.715. The van der Waals surface area contributed by atoms with Crippen molar-refractivity contribution in [2.45, 2.75) is 32.4 Å². The Labute approximate surface area is 116 Å². The zero-order valence-corrected chi connectivity index (χ0v) is 11.5. The lowest BCUT2D eigenvalue weighted by molar-refractivity contribution is -0.142. The van der Waals surface area contributed by atoms with E-state index in [0.29, 0.717) is 12.2 Å². The molecule has 0 radical (unpaired) electrons. The number of carbonyl (C=O) groups is 3. The SMILES string of the molecule is CCn1cccc1C(=O)NC(CCC(=O)OC)C(=O)O. The average Bonchev–Trinajstić information content (AvgIpc) is 2.90. The van der Waals surface area contributed by atoms with E-state index in [1.807, 2.05) is 6.92 Å². The third-order valence-corrected chi connectivity index (χ3v) is 2.87. The lowest BCUT2D eigenvalue weighted by atomic mass is 10.1. The number of aliphatic carboxylic acids is 1. The molecule has 1 atom stereocenters. The number of nitrogens with zero attached hydrogens (tertiary/aromatic N) is 1. The van der Waals surface area contributed by atoms with Crippen LogP contribution in [-0.4, -0.2) is 40.7 Å². The normalized spacial score (nSPS) is 11.7. The van der Waals surface area contributed by atoms with Gasteiger partial charge in [0.2, 0.25) is 0 Å². The van der Waals surface area contributed by atoms with Crippen LogP contribution in [0.5, 0.6) is 0 Å². The molecule has 0 aliphatic heterocycles. The summed E-state index contributed by atoms with van der Waals surface area (Å²) in [5.74, 6) is -2.17. The number of aryl methyl sites for hydroxylation is 1. The van der Waals surface area contributed by atoms with Gasteiger partial charge in [0.15, 0.2) is 0 Å². The van der Waals surface area contributed by atoms with Crippen LogP contribution in [0.1, 0.15) is 30.3 Å². The second-order valence-corrected chi connectivity index (χ2v) is 4.16. The number of carbonyl (C=O) groups excluding carboxylic acids is 2. The van der Waals surface area contributed by atoms with Crippen LogP contribution >= 0.6 is 0 Å². The molecule has 0 bridgehead atoms. The molecule has 1 unspecified atom stereocenters. The number of amides is 1. The molecule has 0 spiro atoms. The van der Waals surface area contributed by atoms with Crippen molar-refractivity contribution in [3.8, 4) is 0 Å². The molecule has 7 nitrogen and oxygen atoms in total. The summed E-state index contributed by atoms with van der Waals surface area (Å²) < 4.78 is 6.15. The highest BCUT2D eigenvalue weighted by molar-refractivity contribution is 5.95. The number of methoxy groups -OCH3 is 1. The first-order valence-electron chi connectivity index (χ1n) is 6.25. The molecule has 20 heavy (non-hydrogen) atoms. The van der Waals surface area contributed by atoms with E-state index < -0.39 is 23.9 Å². The highest BCUT2D eigenvalue weighted by atomic mass is 16.5. The Balaban J connectivity index is 2.68. The second-order valence-electron chi connectivity index (χ2n) is 4.16. The minimum Gasteiger partial charge on any atom is -0.480 e. The van der Waals surface area contributed by atoms with Crippen molar-refractivity contribution in [3.63, 3.8) is 0 Å². The molecule has 0 saturated carbocycles. The molecule has 2 N–H and O–H groups in total. The molecule has 1 aromatic heterocycles. The third-order valence-electron chi connectivity index (χ3n) is 2.87. The van der Waals surface area contributed by atoms with E-state index in [0.717, 1.165) is 0 Å². The predicted molar refractivity (Wildman–Crippen MR) is 70.2 cm³/mol. The maximum Gasteiger partial charge on any atom is 0.326 e. The van der Waals surface area contributed by atoms with E-state index in [1.165, 1.54) is 7.11 Å². The number of ether oxygens (including phenoxy) is 1. The highest BCUT2D eigenvalue weighted by Crippen LogP contribution is 2.05. The van der Waals surface area contributed by atoms with Crippen molar-refractivity contribution < 1.29 is 24.2 Å². The summed E-state index contributed by atoms with van der Waals surface area (Å²) in [5, 5.41) is 11.5. The van der Waals surface area contributed by atoms with Gasteiger partial charge in [-0.15, -0.1) is 0 Å². The molecule has 1 amide bonds. The fraction of sp³-hybridized carbons (Fsp3) is 0.462. The maximum atomic E-state index is 12.0. The van der Waals surface area contributed by atoms with Gasteiger partial charge in [-0.2, -0.15) is 0 Å². The Morgan fingerprint density at radius 3 is 2.70 bits per heavy atom. The minimum atomic E-state index is -1.18. The van der Waals surface area contributed by atoms with Crippen LogP contribution in [-0.2, 0) is 20.9 Å². The molecular weight excluding hydrogens is 264 g/mol. The van der Waals surface area contributed by atoms with Crippen LogP contribution in [0.2, 0.25) is 0 Å². The summed E-state index contributed by atoms with van der Waals surface area (Å²) >= 11 is 0. The lowest BCUT2D eigenvalue weighted by Gasteiger charge is -2.14. The third kappa shape index (κ3) is 4.11. The van der Waals surface area contributed by atoms with Gasteiger partial charge in [-0.25, -0.2) is 4.79 Å². The number of hydrogen-bond acceptors (Lipinski definition) is 4. The lowest BCUT2D eigenvalue weighted by Crippen LogP contribution is -2.41. The summed E-state index contributed by atoms with van der Waals surface area (Å²) in [5.41, 5.74) is 0.386. The molecule has 7 heteroatoms. The van der Waals surface area contributed by atoms with Crippen molar-refractivity contribution in [2.24, 2.45) is 0 Å². The number of carboxylic acid groups (broad SMARTS) is 1. The van der Waals surface area contributed by atoms with Crippen molar-refractivity contribution >= 4 is 17.8 Å². The van der Waals surface area contributed by atoms with Crippen molar-refractivity contribution in [2.75, 3.05) is 7.11 Å². The van der Waals surface area contributed by atoms with Gasteiger partial charge in [-0.05, 0) is 25.5 Å². The van der Waals surface area contributed by atoms with E-state index in [1.54, 1.807) is 22.9 Å². The van der Waals surface area contributed by atoms with Gasteiger partial charge in [0.05, 0.1) is 7.11 Å². The Morgan fingerprint density at radius 1 is 1.45 bits per heavy atom. The van der Waals surface area contributed by atoms with Crippen LogP contribution in [0.4, 0.5) is 0 Å². The molecule has 1 rings (SSSR count). The van der Waals surface area contributed by atoms with E-state index in [-0.39, 0.29) is 12.8 Å². The number of esters is 1. The minimum absolute atomic E-state index is 0.0133. The standard InChI is InChI=1S/C13H18N2O5/c1-3-15-8-4-5-10(15)12(17)14-9(13(18)19)6-7-11(16)20-2/h4-5,8-9H,3,6-7H2,1-2H3,(H,14,17)(H,18,19). The fourth-order valence-electron chi connectivity index (χ4n) is 1.75. The molecular formula is C13H18N2O5. The fourth-order valence-corrected chi connectivity index (χ4v) is 1.75. The van der Waals surface area contributed by atoms with E-state index in [4.69, 9.17) is 5.11 Å². The summed E-state index contributed by atoms with van der Waals surface area (Å²) in [4.78, 5) is 34.1. The Bertz CT molecular complexity index is 495. The zero-order chi connectivity index (χ0) is 15.1. The van der Waals surface area contributed by atoms with E-state index in [9.17, 15) is 14.4 Å². The first-order chi connectivity index (χ1) is 9.49. The number of nitrogens with one attached hydrogen (secondary N) is 1. The zero-order valence-electron chi connectivity index (χ0n) is 11.5. The molecule has 0 fully saturated rings. The Kier molecular flexibility index (Phi) is 5.76. The monoisotopic (exact) mass is 282 g/mol. The van der Waals surface area contributed by atoms with Gasteiger partial charge in [0, 0.05) is 19.2 Å². The molecule has 110 valence electrons. The molecule has 0 aliphatic carbocycles.